The van der Waals surface area contributed by atoms with Crippen LogP contribution in [0.4, 0.5) is 0 Å². The number of hydrogen-bond donors (Lipinski definition) is 0. The monoisotopic (exact) mass is 425 g/mol. The molecule has 1 atom stereocenters. The Kier molecular flexibility index (Phi) is 7.90. The lowest BCUT2D eigenvalue weighted by molar-refractivity contribution is -0.126. The van der Waals surface area contributed by atoms with Gasteiger partial charge in [0.15, 0.2) is 5.17 Å². The number of benzene rings is 2. The van der Waals surface area contributed by atoms with Gasteiger partial charge in [0.05, 0.1) is 32.2 Å². The van der Waals surface area contributed by atoms with Gasteiger partial charge in [-0.1, -0.05) is 55.8 Å². The number of nitrogens with zero attached hydrogens (tertiary/aromatic N) is 3. The summed E-state index contributed by atoms with van der Waals surface area (Å²) in [6.45, 7) is 2.59. The number of para-hydroxylation sites is 1. The second-order valence-electron chi connectivity index (χ2n) is 6.89. The summed E-state index contributed by atoms with van der Waals surface area (Å²) in [5.41, 5.74) is 1.85. The third-order valence-electron chi connectivity index (χ3n) is 4.82. The van der Waals surface area contributed by atoms with Crippen molar-refractivity contribution in [3.8, 4) is 11.5 Å². The largest absolute Gasteiger partial charge is 0.497 e. The Bertz CT molecular complexity index is 912. The van der Waals surface area contributed by atoms with E-state index in [4.69, 9.17) is 9.47 Å². The number of amides is 1. The summed E-state index contributed by atoms with van der Waals surface area (Å²) in [5.74, 6) is 1.61. The highest BCUT2D eigenvalue weighted by Crippen LogP contribution is 2.32. The zero-order valence-corrected chi connectivity index (χ0v) is 18.4. The number of thioether (sulfide) groups is 1. The highest BCUT2D eigenvalue weighted by Gasteiger charge is 2.37. The Morgan fingerprint density at radius 2 is 1.87 bits per heavy atom. The first kappa shape index (κ1) is 21.9. The van der Waals surface area contributed by atoms with Crippen molar-refractivity contribution in [3.63, 3.8) is 0 Å². The summed E-state index contributed by atoms with van der Waals surface area (Å²) >= 11 is 1.50. The van der Waals surface area contributed by atoms with Gasteiger partial charge in [0.1, 0.15) is 11.5 Å². The fourth-order valence-electron chi connectivity index (χ4n) is 3.13. The second-order valence-corrected chi connectivity index (χ2v) is 8.06. The summed E-state index contributed by atoms with van der Waals surface area (Å²) in [5, 5.41) is 9.16. The number of methoxy groups -OCH3 is 2. The summed E-state index contributed by atoms with van der Waals surface area (Å²) < 4.78 is 10.6. The Morgan fingerprint density at radius 3 is 2.57 bits per heavy atom. The van der Waals surface area contributed by atoms with Crippen molar-refractivity contribution in [2.45, 2.75) is 38.0 Å². The summed E-state index contributed by atoms with van der Waals surface area (Å²) in [4.78, 5) is 14.7. The molecule has 0 radical (unpaired) electrons. The van der Waals surface area contributed by atoms with Crippen LogP contribution in [0.2, 0.25) is 0 Å². The van der Waals surface area contributed by atoms with Gasteiger partial charge in [0.25, 0.3) is 0 Å². The van der Waals surface area contributed by atoms with Crippen LogP contribution in [-0.2, 0) is 11.3 Å². The normalized spacial score (nSPS) is 17.8. The SMILES string of the molecule is CCCCC1SC(=NN=Cc2ccccc2OC)N(Cc2ccc(OC)cc2)C1=O. The highest BCUT2D eigenvalue weighted by molar-refractivity contribution is 8.15. The van der Waals surface area contributed by atoms with Crippen LogP contribution in [0.25, 0.3) is 0 Å². The summed E-state index contributed by atoms with van der Waals surface area (Å²) in [7, 11) is 3.26. The van der Waals surface area contributed by atoms with E-state index in [2.05, 4.69) is 17.1 Å². The fourth-order valence-corrected chi connectivity index (χ4v) is 4.27. The molecule has 1 amide bonds. The molecule has 6 nitrogen and oxygen atoms in total. The first-order chi connectivity index (χ1) is 14.7. The first-order valence-corrected chi connectivity index (χ1v) is 10.9. The Hall–Kier alpha value is -2.80. The smallest absolute Gasteiger partial charge is 0.242 e. The van der Waals surface area contributed by atoms with Crippen LogP contribution in [-0.4, -0.2) is 41.7 Å². The van der Waals surface area contributed by atoms with Gasteiger partial charge >= 0.3 is 0 Å². The van der Waals surface area contributed by atoms with Gasteiger partial charge in [-0.25, -0.2) is 0 Å². The summed E-state index contributed by atoms with van der Waals surface area (Å²) in [6, 6.07) is 15.3. The molecule has 0 saturated carbocycles. The van der Waals surface area contributed by atoms with E-state index in [1.165, 1.54) is 11.8 Å². The molecule has 0 aromatic heterocycles. The molecule has 2 aromatic carbocycles. The van der Waals surface area contributed by atoms with E-state index in [0.717, 1.165) is 41.9 Å². The van der Waals surface area contributed by atoms with E-state index in [-0.39, 0.29) is 11.2 Å². The van der Waals surface area contributed by atoms with Crippen LogP contribution in [0.3, 0.4) is 0 Å². The van der Waals surface area contributed by atoms with Crippen LogP contribution in [0.1, 0.15) is 37.3 Å². The highest BCUT2D eigenvalue weighted by atomic mass is 32.2. The molecule has 7 heteroatoms. The molecular weight excluding hydrogens is 398 g/mol. The minimum atomic E-state index is -0.108. The number of carbonyl (C=O) groups excluding carboxylic acids is 1. The van der Waals surface area contributed by atoms with Crippen LogP contribution < -0.4 is 9.47 Å². The molecule has 3 rings (SSSR count). The number of hydrogen-bond acceptors (Lipinski definition) is 6. The second kappa shape index (κ2) is 10.8. The molecule has 0 aliphatic carbocycles. The number of unbranched alkanes of at least 4 members (excludes halogenated alkanes) is 1. The maximum atomic E-state index is 13.0. The molecule has 1 heterocycles. The lowest BCUT2D eigenvalue weighted by Gasteiger charge is -2.16. The van der Waals surface area contributed by atoms with Crippen molar-refractivity contribution in [2.24, 2.45) is 10.2 Å². The van der Waals surface area contributed by atoms with Gasteiger partial charge in [0, 0.05) is 5.56 Å². The quantitative estimate of drug-likeness (QED) is 0.430. The zero-order chi connectivity index (χ0) is 21.3. The zero-order valence-electron chi connectivity index (χ0n) is 17.6. The van der Waals surface area contributed by atoms with Gasteiger partial charge in [0.2, 0.25) is 5.91 Å². The predicted octanol–water partition coefficient (Wildman–Crippen LogP) is 4.73. The van der Waals surface area contributed by atoms with E-state index >= 15 is 0 Å². The molecule has 1 unspecified atom stereocenters. The molecule has 1 aliphatic heterocycles. The number of amidine groups is 1. The van der Waals surface area contributed by atoms with Crippen molar-refractivity contribution >= 4 is 29.1 Å². The van der Waals surface area contributed by atoms with E-state index in [1.807, 2.05) is 48.5 Å². The molecule has 1 saturated heterocycles. The van der Waals surface area contributed by atoms with Crippen molar-refractivity contribution in [1.29, 1.82) is 0 Å². The van der Waals surface area contributed by atoms with Gasteiger partial charge in [-0.15, -0.1) is 5.10 Å². The summed E-state index contributed by atoms with van der Waals surface area (Å²) in [6.07, 6.45) is 4.56. The molecule has 158 valence electrons. The van der Waals surface area contributed by atoms with Crippen LogP contribution >= 0.6 is 11.8 Å². The van der Waals surface area contributed by atoms with Gasteiger partial charge in [-0.2, -0.15) is 5.10 Å². The molecule has 1 aliphatic rings. The van der Waals surface area contributed by atoms with Gasteiger partial charge in [-0.05, 0) is 36.2 Å². The van der Waals surface area contributed by atoms with E-state index in [0.29, 0.717) is 11.7 Å². The van der Waals surface area contributed by atoms with Crippen molar-refractivity contribution in [3.05, 3.63) is 59.7 Å². The minimum absolute atomic E-state index is 0.0931. The molecule has 0 spiro atoms. The van der Waals surface area contributed by atoms with Crippen LogP contribution in [0.5, 0.6) is 11.5 Å². The maximum Gasteiger partial charge on any atom is 0.242 e. The molecule has 1 fully saturated rings. The number of rotatable bonds is 9. The van der Waals surface area contributed by atoms with Crippen LogP contribution in [0.15, 0.2) is 58.7 Å². The van der Waals surface area contributed by atoms with Gasteiger partial charge in [-0.3, -0.25) is 9.69 Å². The maximum absolute atomic E-state index is 13.0. The number of carbonyl (C=O) groups is 1. The average molecular weight is 426 g/mol. The van der Waals surface area contributed by atoms with Gasteiger partial charge < -0.3 is 9.47 Å². The van der Waals surface area contributed by atoms with Crippen molar-refractivity contribution < 1.29 is 14.3 Å². The van der Waals surface area contributed by atoms with E-state index in [1.54, 1.807) is 25.3 Å². The van der Waals surface area contributed by atoms with E-state index in [9.17, 15) is 4.79 Å². The lowest BCUT2D eigenvalue weighted by atomic mass is 10.1. The molecule has 30 heavy (non-hydrogen) atoms. The average Bonchev–Trinajstić information content (AvgIpc) is 3.07. The first-order valence-electron chi connectivity index (χ1n) is 10.0. The predicted molar refractivity (Wildman–Crippen MR) is 122 cm³/mol. The van der Waals surface area contributed by atoms with Crippen molar-refractivity contribution in [1.82, 2.24) is 4.90 Å². The molecular formula is C23H27N3O3S. The Labute approximate surface area is 182 Å². The van der Waals surface area contributed by atoms with E-state index < -0.39 is 0 Å². The Balaban J connectivity index is 1.81. The molecule has 2 aromatic rings. The third kappa shape index (κ3) is 5.42. The molecule has 0 N–H and O–H groups in total. The third-order valence-corrected chi connectivity index (χ3v) is 6.05. The number of ether oxygens (including phenoxy) is 2. The topological polar surface area (TPSA) is 63.5 Å². The molecule has 0 bridgehead atoms. The standard InChI is InChI=1S/C23H27N3O3S/c1-4-5-10-21-22(27)26(16-17-11-13-19(28-2)14-12-17)23(30-21)25-24-15-18-8-6-7-9-20(18)29-3/h6-9,11-15,21H,4-5,10,16H2,1-3H3. The van der Waals surface area contributed by atoms with Crippen LogP contribution in [0, 0.1) is 0 Å². The lowest BCUT2D eigenvalue weighted by Crippen LogP contribution is -2.31. The minimum Gasteiger partial charge on any atom is -0.497 e. The fraction of sp³-hybridized carbons (Fsp3) is 0.348. The van der Waals surface area contributed by atoms with Crippen molar-refractivity contribution in [2.75, 3.05) is 14.2 Å². The Morgan fingerprint density at radius 1 is 1.10 bits per heavy atom.